The van der Waals surface area contributed by atoms with E-state index in [4.69, 9.17) is 11.6 Å². The van der Waals surface area contributed by atoms with E-state index in [0.29, 0.717) is 11.5 Å². The molecule has 0 radical (unpaired) electrons. The van der Waals surface area contributed by atoms with E-state index in [2.05, 4.69) is 10.3 Å². The summed E-state index contributed by atoms with van der Waals surface area (Å²) in [7, 11) is 3.15. The van der Waals surface area contributed by atoms with Crippen LogP contribution in [0, 0.1) is 0 Å². The highest BCUT2D eigenvalue weighted by molar-refractivity contribution is 5.94. The number of amides is 1. The number of nitrogens with two attached hydrogens (primary N) is 2. The molecule has 1 amide bonds. The van der Waals surface area contributed by atoms with Gasteiger partial charge in [-0.15, -0.1) is 0 Å². The molecule has 0 fully saturated rings. The summed E-state index contributed by atoms with van der Waals surface area (Å²) in [6.07, 6.45) is -3.89. The van der Waals surface area contributed by atoms with Crippen molar-refractivity contribution in [2.45, 2.75) is 6.18 Å². The molecule has 0 aliphatic rings. The third-order valence-corrected chi connectivity index (χ3v) is 2.40. The molecule has 10 heteroatoms. The maximum absolute atomic E-state index is 12.1. The van der Waals surface area contributed by atoms with Gasteiger partial charge in [0.05, 0.1) is 23.3 Å². The van der Waals surface area contributed by atoms with Gasteiger partial charge in [0.2, 0.25) is 0 Å². The molecule has 1 rings (SSSR count). The molecule has 7 nitrogen and oxygen atoms in total. The van der Waals surface area contributed by atoms with Crippen LogP contribution in [0.5, 0.6) is 0 Å². The summed E-state index contributed by atoms with van der Waals surface area (Å²) in [5, 5.41) is 5.68. The number of nitrogens with one attached hydrogen (secondary N) is 2. The van der Waals surface area contributed by atoms with Crippen molar-refractivity contribution in [1.82, 2.24) is 15.3 Å². The molecular formula is C11H15F3N6O. The van der Waals surface area contributed by atoms with E-state index >= 15 is 0 Å². The molecule has 0 spiro atoms. The molecule has 116 valence electrons. The van der Waals surface area contributed by atoms with Gasteiger partial charge in [0, 0.05) is 14.1 Å². The summed E-state index contributed by atoms with van der Waals surface area (Å²) in [5.41, 5.74) is 6.24. The summed E-state index contributed by atoms with van der Waals surface area (Å²) in [4.78, 5) is 14.6. The number of alkyl halides is 3. The van der Waals surface area contributed by atoms with Crippen molar-refractivity contribution in [3.8, 4) is 0 Å². The molecule has 1 heterocycles. The molecule has 0 aliphatic carbocycles. The van der Waals surface area contributed by atoms with E-state index in [1.54, 1.807) is 19.4 Å². The Labute approximate surface area is 118 Å². The Morgan fingerprint density at radius 1 is 1.38 bits per heavy atom. The zero-order valence-corrected chi connectivity index (χ0v) is 11.3. The highest BCUT2D eigenvalue weighted by Gasteiger charge is 2.38. The predicted octanol–water partition coefficient (Wildman–Crippen LogP) is 0.192. The number of halogens is 3. The molecule has 6 N–H and O–H groups in total. The smallest absolute Gasteiger partial charge is 0.394 e. The number of nitrogens with zero attached hydrogens (tertiary/aromatic N) is 2. The number of carbonyl (C=O) groups is 1. The van der Waals surface area contributed by atoms with E-state index in [0.717, 1.165) is 6.20 Å². The van der Waals surface area contributed by atoms with E-state index in [-0.39, 0.29) is 11.4 Å². The van der Waals surface area contributed by atoms with Crippen LogP contribution in [0.15, 0.2) is 24.2 Å². The second kappa shape index (κ2) is 6.31. The number of anilines is 1. The number of hydrogen-bond donors (Lipinski definition) is 4. The molecule has 0 saturated carbocycles. The van der Waals surface area contributed by atoms with Crippen molar-refractivity contribution in [3.63, 3.8) is 0 Å². The maximum Gasteiger partial charge on any atom is 0.471 e. The lowest BCUT2D eigenvalue weighted by molar-refractivity contribution is -0.167. The van der Waals surface area contributed by atoms with Gasteiger partial charge in [-0.1, -0.05) is 0 Å². The SMILES string of the molecule is CN/C(=C(/N)c1ccc(NC(=O)C(F)(F)F)cn1)N(C)N. The third-order valence-electron chi connectivity index (χ3n) is 2.40. The van der Waals surface area contributed by atoms with Gasteiger partial charge in [-0.25, -0.2) is 5.84 Å². The van der Waals surface area contributed by atoms with E-state index < -0.39 is 12.1 Å². The molecule has 1 aromatic heterocycles. The molecule has 0 aliphatic heterocycles. The molecule has 0 aromatic carbocycles. The molecule has 1 aromatic rings. The number of carbonyl (C=O) groups excluding carboxylic acids is 1. The minimum atomic E-state index is -4.96. The monoisotopic (exact) mass is 304 g/mol. The van der Waals surface area contributed by atoms with Crippen LogP contribution in [0.4, 0.5) is 18.9 Å². The highest BCUT2D eigenvalue weighted by atomic mass is 19.4. The lowest BCUT2D eigenvalue weighted by Gasteiger charge is -2.18. The summed E-state index contributed by atoms with van der Waals surface area (Å²) < 4.78 is 36.3. The van der Waals surface area contributed by atoms with E-state index in [1.165, 1.54) is 17.1 Å². The lowest BCUT2D eigenvalue weighted by Crippen LogP contribution is -2.34. The normalized spacial score (nSPS) is 12.5. The third kappa shape index (κ3) is 4.24. The summed E-state index contributed by atoms with van der Waals surface area (Å²) in [6, 6.07) is 2.62. The standard InChI is InChI=1S/C11H15F3N6O/c1-17-9(20(2)16)8(15)7-4-3-6(5-18-7)19-10(21)11(12,13)14/h3-5,17H,15-16H2,1-2H3,(H,19,21)/b9-8-. The second-order valence-corrected chi connectivity index (χ2v) is 4.01. The fraction of sp³-hybridized carbons (Fsp3) is 0.273. The minimum Gasteiger partial charge on any atom is -0.394 e. The van der Waals surface area contributed by atoms with Crippen LogP contribution < -0.4 is 22.2 Å². The zero-order chi connectivity index (χ0) is 16.2. The van der Waals surface area contributed by atoms with Crippen LogP contribution in [0.3, 0.4) is 0 Å². The summed E-state index contributed by atoms with van der Waals surface area (Å²) >= 11 is 0. The molecule has 0 bridgehead atoms. The number of hydrazine groups is 1. The Morgan fingerprint density at radius 2 is 2.00 bits per heavy atom. The summed E-state index contributed by atoms with van der Waals surface area (Å²) in [5.74, 6) is 3.87. The average molecular weight is 304 g/mol. The maximum atomic E-state index is 12.1. The summed E-state index contributed by atoms with van der Waals surface area (Å²) in [6.45, 7) is 0. The Kier molecular flexibility index (Phi) is 4.97. The fourth-order valence-corrected chi connectivity index (χ4v) is 1.45. The molecule has 0 saturated heterocycles. The lowest BCUT2D eigenvalue weighted by atomic mass is 10.2. The quantitative estimate of drug-likeness (QED) is 0.467. The second-order valence-electron chi connectivity index (χ2n) is 4.01. The van der Waals surface area contributed by atoms with Gasteiger partial charge in [-0.3, -0.25) is 14.8 Å². The highest BCUT2D eigenvalue weighted by Crippen LogP contribution is 2.18. The van der Waals surface area contributed by atoms with Gasteiger partial charge in [0.25, 0.3) is 0 Å². The first kappa shape index (κ1) is 16.6. The van der Waals surface area contributed by atoms with Gasteiger partial charge in [-0.2, -0.15) is 13.2 Å². The van der Waals surface area contributed by atoms with Crippen molar-refractivity contribution in [3.05, 3.63) is 29.8 Å². The largest absolute Gasteiger partial charge is 0.471 e. The van der Waals surface area contributed by atoms with Crippen molar-refractivity contribution >= 4 is 17.3 Å². The Morgan fingerprint density at radius 3 is 2.38 bits per heavy atom. The number of pyridine rings is 1. The van der Waals surface area contributed by atoms with E-state index in [9.17, 15) is 18.0 Å². The molecular weight excluding hydrogens is 289 g/mol. The number of aromatic nitrogens is 1. The first-order valence-electron chi connectivity index (χ1n) is 5.67. The van der Waals surface area contributed by atoms with Crippen LogP contribution >= 0.6 is 0 Å². The molecule has 0 unspecified atom stereocenters. The fourth-order valence-electron chi connectivity index (χ4n) is 1.45. The number of rotatable bonds is 4. The molecule has 0 atom stereocenters. The van der Waals surface area contributed by atoms with Gasteiger partial charge in [0.1, 0.15) is 5.82 Å². The van der Waals surface area contributed by atoms with Gasteiger partial charge in [0.15, 0.2) is 0 Å². The van der Waals surface area contributed by atoms with Gasteiger partial charge >= 0.3 is 12.1 Å². The van der Waals surface area contributed by atoms with Crippen LogP contribution in [-0.2, 0) is 4.79 Å². The molecule has 21 heavy (non-hydrogen) atoms. The van der Waals surface area contributed by atoms with Crippen LogP contribution in [0.25, 0.3) is 5.70 Å². The van der Waals surface area contributed by atoms with Crippen LogP contribution in [0.2, 0.25) is 0 Å². The first-order chi connectivity index (χ1) is 9.66. The minimum absolute atomic E-state index is 0.0963. The average Bonchev–Trinajstić information content (AvgIpc) is 2.38. The number of hydrogen-bond acceptors (Lipinski definition) is 6. The first-order valence-corrected chi connectivity index (χ1v) is 5.67. The Hall–Kier alpha value is -2.49. The topological polar surface area (TPSA) is 109 Å². The predicted molar refractivity (Wildman–Crippen MR) is 71.0 cm³/mol. The zero-order valence-electron chi connectivity index (χ0n) is 11.3. The van der Waals surface area contributed by atoms with Gasteiger partial charge in [-0.05, 0) is 12.1 Å². The van der Waals surface area contributed by atoms with Crippen LogP contribution in [0.1, 0.15) is 5.69 Å². The van der Waals surface area contributed by atoms with Crippen molar-refractivity contribution in [2.75, 3.05) is 19.4 Å². The van der Waals surface area contributed by atoms with Crippen molar-refractivity contribution in [1.29, 1.82) is 0 Å². The Bertz CT molecular complexity index is 538. The van der Waals surface area contributed by atoms with E-state index in [1.807, 2.05) is 0 Å². The van der Waals surface area contributed by atoms with Crippen LogP contribution in [-0.4, -0.2) is 36.2 Å². The van der Waals surface area contributed by atoms with Crippen molar-refractivity contribution in [2.24, 2.45) is 11.6 Å². The van der Waals surface area contributed by atoms with Crippen molar-refractivity contribution < 1.29 is 18.0 Å². The Balaban J connectivity index is 2.96. The van der Waals surface area contributed by atoms with Gasteiger partial charge < -0.3 is 16.4 Å².